The van der Waals surface area contributed by atoms with Gasteiger partial charge in [-0.3, -0.25) is 9.59 Å². The lowest BCUT2D eigenvalue weighted by Crippen LogP contribution is -2.63. The molecule has 0 aliphatic carbocycles. The number of amides is 2. The summed E-state index contributed by atoms with van der Waals surface area (Å²) in [4.78, 5) is 24.0. The molecule has 19 heavy (non-hydrogen) atoms. The fourth-order valence-corrected chi connectivity index (χ4v) is 2.80. The van der Waals surface area contributed by atoms with Crippen molar-refractivity contribution in [1.82, 2.24) is 10.6 Å². The van der Waals surface area contributed by atoms with Crippen LogP contribution in [0.1, 0.15) is 18.4 Å². The van der Waals surface area contributed by atoms with E-state index in [1.807, 2.05) is 43.5 Å². The van der Waals surface area contributed by atoms with Gasteiger partial charge in [0.1, 0.15) is 12.1 Å². The summed E-state index contributed by atoms with van der Waals surface area (Å²) in [5.41, 5.74) is 1.05. The Balaban J connectivity index is 2.10. The van der Waals surface area contributed by atoms with Crippen LogP contribution in [0.2, 0.25) is 0 Å². The lowest BCUT2D eigenvalue weighted by Gasteiger charge is -2.32. The van der Waals surface area contributed by atoms with Crippen molar-refractivity contribution in [2.24, 2.45) is 0 Å². The highest BCUT2D eigenvalue weighted by atomic mass is 32.2. The van der Waals surface area contributed by atoms with Crippen molar-refractivity contribution >= 4 is 23.6 Å². The minimum atomic E-state index is -0.493. The molecule has 1 aliphatic heterocycles. The van der Waals surface area contributed by atoms with E-state index in [-0.39, 0.29) is 17.7 Å². The first-order valence-electron chi connectivity index (χ1n) is 6.28. The minimum Gasteiger partial charge on any atom is -0.342 e. The summed E-state index contributed by atoms with van der Waals surface area (Å²) in [7, 11) is 0. The molecule has 2 rings (SSSR count). The summed E-state index contributed by atoms with van der Waals surface area (Å²) in [5.74, 6) is 0.362. The molecule has 0 radical (unpaired) electrons. The van der Waals surface area contributed by atoms with Gasteiger partial charge >= 0.3 is 0 Å². The van der Waals surface area contributed by atoms with Gasteiger partial charge in [0.2, 0.25) is 11.8 Å². The summed E-state index contributed by atoms with van der Waals surface area (Å²) >= 11 is 1.54. The van der Waals surface area contributed by atoms with Gasteiger partial charge in [0.25, 0.3) is 0 Å². The number of piperazine rings is 1. The molecule has 102 valence electrons. The molecule has 2 N–H and O–H groups in total. The number of nitrogens with one attached hydrogen (secondary N) is 2. The van der Waals surface area contributed by atoms with Crippen molar-refractivity contribution in [2.45, 2.75) is 24.9 Å². The molecule has 1 aromatic carbocycles. The third kappa shape index (κ3) is 3.10. The van der Waals surface area contributed by atoms with E-state index in [1.165, 1.54) is 0 Å². The average molecular weight is 278 g/mol. The third-order valence-electron chi connectivity index (χ3n) is 3.37. The van der Waals surface area contributed by atoms with Crippen LogP contribution in [0.5, 0.6) is 0 Å². The Labute approximate surface area is 117 Å². The lowest BCUT2D eigenvalue weighted by atomic mass is 9.91. The number of rotatable bonds is 4. The second-order valence-corrected chi connectivity index (χ2v) is 5.61. The summed E-state index contributed by atoms with van der Waals surface area (Å²) in [6.45, 7) is 1.95. The molecular formula is C14H18N2O2S. The van der Waals surface area contributed by atoms with E-state index in [2.05, 4.69) is 10.6 Å². The zero-order valence-corrected chi connectivity index (χ0v) is 11.9. The van der Waals surface area contributed by atoms with Crippen molar-refractivity contribution in [1.29, 1.82) is 0 Å². The second kappa shape index (κ2) is 6.10. The Kier molecular flexibility index (Phi) is 4.47. The molecule has 5 heteroatoms. The molecule has 1 fully saturated rings. The van der Waals surface area contributed by atoms with Crippen LogP contribution in [0.25, 0.3) is 0 Å². The van der Waals surface area contributed by atoms with E-state index >= 15 is 0 Å². The van der Waals surface area contributed by atoms with Crippen LogP contribution in [-0.4, -0.2) is 35.9 Å². The number of hydrogen-bond donors (Lipinski definition) is 2. The van der Waals surface area contributed by atoms with Gasteiger partial charge < -0.3 is 10.6 Å². The number of carbonyl (C=O) groups excluding carboxylic acids is 2. The molecular weight excluding hydrogens is 260 g/mol. The van der Waals surface area contributed by atoms with Crippen LogP contribution >= 0.6 is 11.8 Å². The van der Waals surface area contributed by atoms with E-state index in [4.69, 9.17) is 0 Å². The Morgan fingerprint density at radius 3 is 2.47 bits per heavy atom. The Hall–Kier alpha value is -1.49. The van der Waals surface area contributed by atoms with E-state index in [0.717, 1.165) is 5.56 Å². The third-order valence-corrected chi connectivity index (χ3v) is 4.04. The van der Waals surface area contributed by atoms with E-state index in [0.29, 0.717) is 5.75 Å². The highest BCUT2D eigenvalue weighted by molar-refractivity contribution is 7.98. The maximum absolute atomic E-state index is 12.1. The predicted molar refractivity (Wildman–Crippen MR) is 77.1 cm³/mol. The van der Waals surface area contributed by atoms with Crippen LogP contribution < -0.4 is 10.6 Å². The van der Waals surface area contributed by atoms with Crippen molar-refractivity contribution in [2.75, 3.05) is 12.0 Å². The molecule has 3 atom stereocenters. The smallest absolute Gasteiger partial charge is 0.244 e. The molecule has 0 spiro atoms. The normalized spacial score (nSPS) is 24.5. The first-order chi connectivity index (χ1) is 9.13. The average Bonchev–Trinajstić information content (AvgIpc) is 2.43. The molecule has 0 saturated carbocycles. The van der Waals surface area contributed by atoms with Crippen molar-refractivity contribution in [3.63, 3.8) is 0 Å². The monoisotopic (exact) mass is 278 g/mol. The van der Waals surface area contributed by atoms with E-state index < -0.39 is 12.1 Å². The molecule has 1 aliphatic rings. The first-order valence-corrected chi connectivity index (χ1v) is 7.67. The molecule has 1 heterocycles. The zero-order chi connectivity index (χ0) is 13.8. The maximum Gasteiger partial charge on any atom is 0.244 e. The SMILES string of the molecule is CSC[C@H]1NC(=O)[C@H]([C@H](C)c2ccccc2)NC1=O. The van der Waals surface area contributed by atoms with Crippen LogP contribution in [0.4, 0.5) is 0 Å². The van der Waals surface area contributed by atoms with Crippen molar-refractivity contribution in [3.05, 3.63) is 35.9 Å². The lowest BCUT2D eigenvalue weighted by molar-refractivity contribution is -0.136. The number of carbonyl (C=O) groups is 2. The van der Waals surface area contributed by atoms with E-state index in [9.17, 15) is 9.59 Å². The Bertz CT molecular complexity index is 464. The standard InChI is InChI=1S/C14H18N2O2S/c1-9(10-6-4-3-5-7-10)12-14(18)15-11(8-19-2)13(17)16-12/h3-7,9,11-12H,8H2,1-2H3,(H,15,18)(H,16,17)/t9-,11-,12+/m1/s1. The van der Waals surface area contributed by atoms with Crippen LogP contribution in [0.3, 0.4) is 0 Å². The summed E-state index contributed by atoms with van der Waals surface area (Å²) < 4.78 is 0. The van der Waals surface area contributed by atoms with Crippen LogP contribution in [0.15, 0.2) is 30.3 Å². The fourth-order valence-electron chi connectivity index (χ4n) is 2.23. The Morgan fingerprint density at radius 1 is 1.16 bits per heavy atom. The Morgan fingerprint density at radius 2 is 1.84 bits per heavy atom. The minimum absolute atomic E-state index is 0.0413. The molecule has 1 aromatic rings. The van der Waals surface area contributed by atoms with Crippen molar-refractivity contribution in [3.8, 4) is 0 Å². The fraction of sp³-hybridized carbons (Fsp3) is 0.429. The predicted octanol–water partition coefficient (Wildman–Crippen LogP) is 1.14. The highest BCUT2D eigenvalue weighted by Crippen LogP contribution is 2.21. The number of thioether (sulfide) groups is 1. The van der Waals surface area contributed by atoms with Gasteiger partial charge in [0, 0.05) is 11.7 Å². The molecule has 1 saturated heterocycles. The molecule has 0 unspecified atom stereocenters. The van der Waals surface area contributed by atoms with Gasteiger partial charge in [0.15, 0.2) is 0 Å². The highest BCUT2D eigenvalue weighted by Gasteiger charge is 2.36. The van der Waals surface area contributed by atoms with Gasteiger partial charge in [0.05, 0.1) is 0 Å². The molecule has 0 bridgehead atoms. The van der Waals surface area contributed by atoms with Crippen molar-refractivity contribution < 1.29 is 9.59 Å². The van der Waals surface area contributed by atoms with Gasteiger partial charge in [-0.2, -0.15) is 11.8 Å². The maximum atomic E-state index is 12.1. The molecule has 4 nitrogen and oxygen atoms in total. The summed E-state index contributed by atoms with van der Waals surface area (Å²) in [5, 5.41) is 5.63. The molecule has 0 aromatic heterocycles. The van der Waals surface area contributed by atoms with Crippen LogP contribution in [-0.2, 0) is 9.59 Å². The van der Waals surface area contributed by atoms with Gasteiger partial charge in [-0.05, 0) is 11.8 Å². The zero-order valence-electron chi connectivity index (χ0n) is 11.1. The topological polar surface area (TPSA) is 58.2 Å². The van der Waals surface area contributed by atoms with E-state index in [1.54, 1.807) is 11.8 Å². The summed E-state index contributed by atoms with van der Waals surface area (Å²) in [6.07, 6.45) is 1.91. The number of benzene rings is 1. The van der Waals surface area contributed by atoms with Gasteiger partial charge in [-0.25, -0.2) is 0 Å². The van der Waals surface area contributed by atoms with Gasteiger partial charge in [-0.15, -0.1) is 0 Å². The van der Waals surface area contributed by atoms with Crippen LogP contribution in [0, 0.1) is 0 Å². The number of hydrogen-bond acceptors (Lipinski definition) is 3. The summed E-state index contributed by atoms with van der Waals surface area (Å²) in [6, 6.07) is 8.84. The quantitative estimate of drug-likeness (QED) is 0.868. The largest absolute Gasteiger partial charge is 0.342 e. The second-order valence-electron chi connectivity index (χ2n) is 4.70. The first kappa shape index (κ1) is 13.9. The van der Waals surface area contributed by atoms with Gasteiger partial charge in [-0.1, -0.05) is 37.3 Å². The molecule has 2 amide bonds.